The molecule has 3 nitrogen and oxygen atoms in total. The first-order chi connectivity index (χ1) is 7.31. The van der Waals surface area contributed by atoms with Gasteiger partial charge in [0.2, 0.25) is 0 Å². The molecule has 0 aliphatic carbocycles. The zero-order valence-corrected chi connectivity index (χ0v) is 8.37. The zero-order valence-electron chi connectivity index (χ0n) is 8.37. The Balaban J connectivity index is 2.31. The molecular weight excluding hydrogens is 193 g/mol. The molecule has 1 atom stereocenters. The molecule has 0 saturated carbocycles. The third kappa shape index (κ3) is 2.05. The summed E-state index contributed by atoms with van der Waals surface area (Å²) in [6.45, 7) is 0. The largest absolute Gasteiger partial charge is 0.347 e. The first kappa shape index (κ1) is 9.86. The summed E-state index contributed by atoms with van der Waals surface area (Å²) in [5.74, 6) is 0.595. The lowest BCUT2D eigenvalue weighted by atomic mass is 10.1. The van der Waals surface area contributed by atoms with Gasteiger partial charge < -0.3 is 10.3 Å². The fourth-order valence-corrected chi connectivity index (χ4v) is 1.55. The Morgan fingerprint density at radius 1 is 1.33 bits per heavy atom. The van der Waals surface area contributed by atoms with Crippen LogP contribution in [0.4, 0.5) is 4.39 Å². The van der Waals surface area contributed by atoms with Crippen LogP contribution in [0.5, 0.6) is 0 Å². The topological polar surface area (TPSA) is 40.7 Å². The van der Waals surface area contributed by atoms with E-state index in [0.717, 1.165) is 11.4 Å². The molecule has 1 aromatic heterocycles. The highest BCUT2D eigenvalue weighted by atomic mass is 19.1. The number of aromatic nitrogens is 2. The quantitative estimate of drug-likeness (QED) is 0.803. The minimum absolute atomic E-state index is 0.0272. The van der Waals surface area contributed by atoms with E-state index in [4.69, 9.17) is 0 Å². The van der Waals surface area contributed by atoms with Gasteiger partial charge in [-0.05, 0) is 24.7 Å². The van der Waals surface area contributed by atoms with Gasteiger partial charge in [-0.1, -0.05) is 12.1 Å². The van der Waals surface area contributed by atoms with Crippen LogP contribution in [0.15, 0.2) is 36.7 Å². The van der Waals surface area contributed by atoms with E-state index in [1.54, 1.807) is 24.5 Å². The van der Waals surface area contributed by atoms with E-state index in [2.05, 4.69) is 15.3 Å². The Kier molecular flexibility index (Phi) is 2.78. The molecule has 0 unspecified atom stereocenters. The summed E-state index contributed by atoms with van der Waals surface area (Å²) in [5, 5.41) is 3.12. The molecule has 2 aromatic rings. The van der Waals surface area contributed by atoms with E-state index in [9.17, 15) is 4.39 Å². The van der Waals surface area contributed by atoms with E-state index >= 15 is 0 Å². The second-order valence-corrected chi connectivity index (χ2v) is 3.25. The molecule has 78 valence electrons. The molecule has 1 heterocycles. The minimum atomic E-state index is -0.229. The number of aromatic amines is 1. The molecule has 2 N–H and O–H groups in total. The number of hydrogen-bond donors (Lipinski definition) is 2. The van der Waals surface area contributed by atoms with Crippen molar-refractivity contribution in [3.05, 3.63) is 53.9 Å². The molecule has 0 aliphatic rings. The number of rotatable bonds is 3. The summed E-state index contributed by atoms with van der Waals surface area (Å²) in [5.41, 5.74) is 0.980. The summed E-state index contributed by atoms with van der Waals surface area (Å²) in [6.07, 6.45) is 3.46. The van der Waals surface area contributed by atoms with Crippen molar-refractivity contribution in [3.8, 4) is 0 Å². The van der Waals surface area contributed by atoms with Crippen LogP contribution < -0.4 is 5.32 Å². The van der Waals surface area contributed by atoms with Gasteiger partial charge in [0.25, 0.3) is 0 Å². The highest BCUT2D eigenvalue weighted by Gasteiger charge is 2.13. The summed E-state index contributed by atoms with van der Waals surface area (Å²) in [4.78, 5) is 7.21. The summed E-state index contributed by atoms with van der Waals surface area (Å²) in [7, 11) is 1.84. The van der Waals surface area contributed by atoms with Crippen molar-refractivity contribution in [2.75, 3.05) is 7.05 Å². The van der Waals surface area contributed by atoms with E-state index in [-0.39, 0.29) is 11.9 Å². The van der Waals surface area contributed by atoms with Crippen molar-refractivity contribution in [2.45, 2.75) is 6.04 Å². The maximum atomic E-state index is 12.8. The van der Waals surface area contributed by atoms with Crippen LogP contribution in [0.2, 0.25) is 0 Å². The van der Waals surface area contributed by atoms with E-state index in [1.807, 2.05) is 7.05 Å². The van der Waals surface area contributed by atoms with E-state index in [0.29, 0.717) is 0 Å². The lowest BCUT2D eigenvalue weighted by Gasteiger charge is -2.13. The molecule has 1 aromatic carbocycles. The van der Waals surface area contributed by atoms with Gasteiger partial charge in [0, 0.05) is 12.4 Å². The van der Waals surface area contributed by atoms with Gasteiger partial charge in [0.15, 0.2) is 0 Å². The van der Waals surface area contributed by atoms with Crippen molar-refractivity contribution >= 4 is 0 Å². The number of nitrogens with zero attached hydrogens (tertiary/aromatic N) is 1. The van der Waals surface area contributed by atoms with Crippen LogP contribution in [0.1, 0.15) is 17.4 Å². The van der Waals surface area contributed by atoms with Gasteiger partial charge in [-0.15, -0.1) is 0 Å². The number of H-pyrrole nitrogens is 1. The average molecular weight is 205 g/mol. The van der Waals surface area contributed by atoms with Gasteiger partial charge in [-0.25, -0.2) is 9.37 Å². The Labute approximate surface area is 87.4 Å². The monoisotopic (exact) mass is 205 g/mol. The lowest BCUT2D eigenvalue weighted by Crippen LogP contribution is -2.18. The predicted octanol–water partition coefficient (Wildman–Crippen LogP) is 1.86. The van der Waals surface area contributed by atoms with Crippen LogP contribution in [0.3, 0.4) is 0 Å². The Morgan fingerprint density at radius 2 is 2.07 bits per heavy atom. The van der Waals surface area contributed by atoms with Crippen molar-refractivity contribution in [3.63, 3.8) is 0 Å². The van der Waals surface area contributed by atoms with E-state index in [1.165, 1.54) is 12.1 Å². The van der Waals surface area contributed by atoms with Gasteiger partial charge in [-0.3, -0.25) is 0 Å². The van der Waals surface area contributed by atoms with Gasteiger partial charge in [0.1, 0.15) is 11.6 Å². The zero-order chi connectivity index (χ0) is 10.7. The minimum Gasteiger partial charge on any atom is -0.347 e. The molecule has 0 fully saturated rings. The molecular formula is C11H12FN3. The molecule has 15 heavy (non-hydrogen) atoms. The normalized spacial score (nSPS) is 12.7. The van der Waals surface area contributed by atoms with Crippen LogP contribution in [-0.4, -0.2) is 17.0 Å². The lowest BCUT2D eigenvalue weighted by molar-refractivity contribution is 0.619. The number of benzene rings is 1. The van der Waals surface area contributed by atoms with Crippen molar-refractivity contribution in [1.29, 1.82) is 0 Å². The average Bonchev–Trinajstić information content (AvgIpc) is 2.75. The second-order valence-electron chi connectivity index (χ2n) is 3.25. The van der Waals surface area contributed by atoms with E-state index < -0.39 is 0 Å². The smallest absolute Gasteiger partial charge is 0.127 e. The standard InChI is InChI=1S/C11H12FN3/c1-13-10(11-14-6-7-15-11)8-2-4-9(12)5-3-8/h2-7,10,13H,1H3,(H,14,15)/t10-/m0/s1. The summed E-state index contributed by atoms with van der Waals surface area (Å²) in [6, 6.07) is 6.36. The Hall–Kier alpha value is -1.68. The molecule has 0 bridgehead atoms. The van der Waals surface area contributed by atoms with Crippen LogP contribution in [0.25, 0.3) is 0 Å². The van der Waals surface area contributed by atoms with Gasteiger partial charge >= 0.3 is 0 Å². The fraction of sp³-hybridized carbons (Fsp3) is 0.182. The highest BCUT2D eigenvalue weighted by Crippen LogP contribution is 2.18. The fourth-order valence-electron chi connectivity index (χ4n) is 1.55. The molecule has 0 radical (unpaired) electrons. The summed E-state index contributed by atoms with van der Waals surface area (Å²) >= 11 is 0. The Morgan fingerprint density at radius 3 is 2.60 bits per heavy atom. The molecule has 2 rings (SSSR count). The number of nitrogens with one attached hydrogen (secondary N) is 2. The predicted molar refractivity (Wildman–Crippen MR) is 55.9 cm³/mol. The molecule has 4 heteroatoms. The van der Waals surface area contributed by atoms with Gasteiger partial charge in [-0.2, -0.15) is 0 Å². The molecule has 0 amide bonds. The second kappa shape index (κ2) is 4.23. The third-order valence-electron chi connectivity index (χ3n) is 2.28. The molecule has 0 aliphatic heterocycles. The maximum absolute atomic E-state index is 12.8. The number of hydrogen-bond acceptors (Lipinski definition) is 2. The molecule has 0 spiro atoms. The third-order valence-corrected chi connectivity index (χ3v) is 2.28. The van der Waals surface area contributed by atoms with Gasteiger partial charge in [0.05, 0.1) is 6.04 Å². The first-order valence-electron chi connectivity index (χ1n) is 4.73. The number of halogens is 1. The maximum Gasteiger partial charge on any atom is 0.127 e. The Bertz CT molecular complexity index is 408. The SMILES string of the molecule is CN[C@@H](c1ccc(F)cc1)c1ncc[nH]1. The molecule has 0 saturated heterocycles. The van der Waals surface area contributed by atoms with Crippen molar-refractivity contribution in [2.24, 2.45) is 0 Å². The van der Waals surface area contributed by atoms with Crippen LogP contribution >= 0.6 is 0 Å². The van der Waals surface area contributed by atoms with Crippen molar-refractivity contribution < 1.29 is 4.39 Å². The highest BCUT2D eigenvalue weighted by molar-refractivity contribution is 5.25. The van der Waals surface area contributed by atoms with Crippen molar-refractivity contribution in [1.82, 2.24) is 15.3 Å². The number of imidazole rings is 1. The summed E-state index contributed by atoms with van der Waals surface area (Å²) < 4.78 is 12.8. The van der Waals surface area contributed by atoms with Crippen LogP contribution in [-0.2, 0) is 0 Å². The first-order valence-corrected chi connectivity index (χ1v) is 4.73. The van der Waals surface area contributed by atoms with Crippen LogP contribution in [0, 0.1) is 5.82 Å².